The van der Waals surface area contributed by atoms with Crippen molar-refractivity contribution in [2.45, 2.75) is 18.5 Å². The van der Waals surface area contributed by atoms with Crippen molar-refractivity contribution in [3.05, 3.63) is 113 Å². The summed E-state index contributed by atoms with van der Waals surface area (Å²) in [5, 5.41) is 14.1. The zero-order chi connectivity index (χ0) is 24.5. The smallest absolute Gasteiger partial charge is 0.321 e. The molecule has 174 valence electrons. The molecule has 0 saturated heterocycles. The number of hydrogen-bond donors (Lipinski definition) is 2. The lowest BCUT2D eigenvalue weighted by Gasteiger charge is -2.24. The van der Waals surface area contributed by atoms with E-state index in [1.165, 1.54) is 18.2 Å². The number of halogens is 2. The number of aliphatic carboxylic acids is 1. The van der Waals surface area contributed by atoms with Gasteiger partial charge in [-0.2, -0.15) is 0 Å². The van der Waals surface area contributed by atoms with Crippen LogP contribution in [0.15, 0.2) is 102 Å². The zero-order valence-corrected chi connectivity index (χ0v) is 19.8. The van der Waals surface area contributed by atoms with Crippen LogP contribution in [0.25, 0.3) is 10.9 Å². The van der Waals surface area contributed by atoms with E-state index in [1.807, 2.05) is 60.7 Å². The molecule has 1 heterocycles. The topological polar surface area (TPSA) is 79.3 Å². The molecule has 0 radical (unpaired) electrons. The number of benzene rings is 2. The highest BCUT2D eigenvalue weighted by atomic mass is 35.5. The fourth-order valence-corrected chi connectivity index (χ4v) is 3.75. The van der Waals surface area contributed by atoms with Crippen LogP contribution in [-0.4, -0.2) is 33.8 Å². The molecule has 0 aliphatic heterocycles. The summed E-state index contributed by atoms with van der Waals surface area (Å²) >= 11 is 12.1. The van der Waals surface area contributed by atoms with Crippen LogP contribution >= 0.6 is 23.2 Å². The van der Waals surface area contributed by atoms with E-state index < -0.39 is 18.1 Å². The van der Waals surface area contributed by atoms with E-state index in [-0.39, 0.29) is 23.7 Å². The van der Waals surface area contributed by atoms with Gasteiger partial charge in [-0.25, -0.2) is 0 Å². The van der Waals surface area contributed by atoms with Crippen molar-refractivity contribution in [1.29, 1.82) is 0 Å². The average molecular weight is 495 g/mol. The van der Waals surface area contributed by atoms with E-state index in [0.29, 0.717) is 10.6 Å². The number of ketones is 1. The van der Waals surface area contributed by atoms with Crippen molar-refractivity contribution in [3.8, 4) is 0 Å². The number of rotatable bonds is 11. The predicted octanol–water partition coefficient (Wildman–Crippen LogP) is 5.60. The van der Waals surface area contributed by atoms with Gasteiger partial charge in [-0.05, 0) is 35.8 Å². The van der Waals surface area contributed by atoms with Crippen LogP contribution in [0, 0.1) is 0 Å². The minimum Gasteiger partial charge on any atom is -0.480 e. The Kier molecular flexibility index (Phi) is 9.16. The van der Waals surface area contributed by atoms with Gasteiger partial charge in [-0.15, -0.1) is 11.6 Å². The van der Waals surface area contributed by atoms with Gasteiger partial charge in [-0.1, -0.05) is 78.9 Å². The molecular formula is C27H24Cl2N2O3. The second-order valence-corrected chi connectivity index (χ2v) is 8.29. The highest BCUT2D eigenvalue weighted by Crippen LogP contribution is 2.24. The van der Waals surface area contributed by atoms with Crippen molar-refractivity contribution >= 4 is 45.9 Å². The van der Waals surface area contributed by atoms with Gasteiger partial charge in [0.05, 0.1) is 17.4 Å². The maximum Gasteiger partial charge on any atom is 0.321 e. The van der Waals surface area contributed by atoms with Crippen LogP contribution in [0.4, 0.5) is 0 Å². The van der Waals surface area contributed by atoms with Crippen molar-refractivity contribution in [1.82, 2.24) is 10.3 Å². The molecular weight excluding hydrogens is 471 g/mol. The van der Waals surface area contributed by atoms with Crippen LogP contribution in [0.1, 0.15) is 17.2 Å². The fraction of sp³-hybridized carbons (Fsp3) is 0.148. The molecule has 0 saturated carbocycles. The third-order valence-corrected chi connectivity index (χ3v) is 5.82. The largest absolute Gasteiger partial charge is 0.480 e. The number of hydrogen-bond acceptors (Lipinski definition) is 4. The molecule has 0 amide bonds. The lowest BCUT2D eigenvalue weighted by Crippen LogP contribution is -2.44. The van der Waals surface area contributed by atoms with Crippen molar-refractivity contribution in [2.24, 2.45) is 0 Å². The number of pyridine rings is 1. The summed E-state index contributed by atoms with van der Waals surface area (Å²) in [6.45, 7) is 3.59. The van der Waals surface area contributed by atoms with Crippen LogP contribution in [0.2, 0.25) is 0 Å². The van der Waals surface area contributed by atoms with Gasteiger partial charge in [0.25, 0.3) is 0 Å². The van der Waals surface area contributed by atoms with E-state index >= 15 is 0 Å². The minimum atomic E-state index is -1.07. The molecule has 0 fully saturated rings. The van der Waals surface area contributed by atoms with E-state index in [4.69, 9.17) is 23.2 Å². The number of fused-ring (bicyclic) bond motifs is 1. The number of allylic oxidation sites excluding steroid dienone is 4. The summed E-state index contributed by atoms with van der Waals surface area (Å²) in [5.74, 6) is -1.51. The Labute approximate surface area is 208 Å². The molecule has 3 rings (SSSR count). The van der Waals surface area contributed by atoms with Crippen LogP contribution in [0.3, 0.4) is 0 Å². The predicted molar refractivity (Wildman–Crippen MR) is 137 cm³/mol. The molecule has 2 aromatic carbocycles. The number of alkyl halides is 1. The lowest BCUT2D eigenvalue weighted by molar-refractivity contribution is -0.139. The third-order valence-electron chi connectivity index (χ3n) is 5.25. The van der Waals surface area contributed by atoms with Gasteiger partial charge in [0, 0.05) is 22.2 Å². The quantitative estimate of drug-likeness (QED) is 0.206. The van der Waals surface area contributed by atoms with Crippen molar-refractivity contribution < 1.29 is 14.7 Å². The molecule has 34 heavy (non-hydrogen) atoms. The van der Waals surface area contributed by atoms with Gasteiger partial charge in [0.1, 0.15) is 6.04 Å². The highest BCUT2D eigenvalue weighted by molar-refractivity contribution is 6.31. The Hall–Kier alpha value is -3.25. The molecule has 0 aliphatic carbocycles. The van der Waals surface area contributed by atoms with E-state index in [9.17, 15) is 14.7 Å². The number of carbonyl (C=O) groups is 2. The summed E-state index contributed by atoms with van der Waals surface area (Å²) in [7, 11) is 0. The first-order valence-corrected chi connectivity index (χ1v) is 11.5. The molecule has 2 N–H and O–H groups in total. The highest BCUT2D eigenvalue weighted by Gasteiger charge is 2.29. The second-order valence-electron chi connectivity index (χ2n) is 7.59. The van der Waals surface area contributed by atoms with Gasteiger partial charge >= 0.3 is 5.97 Å². The molecule has 7 heteroatoms. The molecule has 3 aromatic rings. The Bertz CT molecular complexity index is 1240. The Balaban J connectivity index is 2.03. The van der Waals surface area contributed by atoms with Crippen molar-refractivity contribution in [3.63, 3.8) is 0 Å². The molecule has 2 atom stereocenters. The number of para-hydroxylation sites is 1. The molecule has 5 nitrogen and oxygen atoms in total. The minimum absolute atomic E-state index is 0.0771. The summed E-state index contributed by atoms with van der Waals surface area (Å²) in [5.41, 5.74) is 2.42. The van der Waals surface area contributed by atoms with Gasteiger partial charge < -0.3 is 5.11 Å². The summed E-state index contributed by atoms with van der Waals surface area (Å²) in [6.07, 6.45) is 6.27. The Morgan fingerprint density at radius 1 is 1.09 bits per heavy atom. The van der Waals surface area contributed by atoms with E-state index in [2.05, 4.69) is 16.9 Å². The zero-order valence-electron chi connectivity index (χ0n) is 18.3. The summed E-state index contributed by atoms with van der Waals surface area (Å²) in [6, 6.07) is 16.6. The SMILES string of the molecule is C=C/C(Cl)=C/C=C(\CCl)C(=O)C(NC(Cc1ccccc1)C(=O)O)c1cnc2ccccc2c1. The average Bonchev–Trinajstić information content (AvgIpc) is 2.86. The Morgan fingerprint density at radius 2 is 1.79 bits per heavy atom. The van der Waals surface area contributed by atoms with Crippen LogP contribution < -0.4 is 5.32 Å². The maximum absolute atomic E-state index is 13.6. The van der Waals surface area contributed by atoms with Gasteiger partial charge in [0.2, 0.25) is 0 Å². The van der Waals surface area contributed by atoms with Gasteiger partial charge in [-0.3, -0.25) is 19.9 Å². The number of carboxylic acids is 1. The number of carboxylic acid groups (broad SMARTS) is 1. The number of aromatic nitrogens is 1. The summed E-state index contributed by atoms with van der Waals surface area (Å²) < 4.78 is 0. The molecule has 0 spiro atoms. The normalized spacial score (nSPS) is 13.9. The molecule has 1 aromatic heterocycles. The van der Waals surface area contributed by atoms with Crippen molar-refractivity contribution in [2.75, 3.05) is 5.88 Å². The number of carbonyl (C=O) groups excluding carboxylic acids is 1. The first-order chi connectivity index (χ1) is 16.4. The van der Waals surface area contributed by atoms with E-state index in [1.54, 1.807) is 6.20 Å². The monoisotopic (exact) mass is 494 g/mol. The van der Waals surface area contributed by atoms with Gasteiger partial charge in [0.15, 0.2) is 5.78 Å². The molecule has 0 aliphatic rings. The molecule has 0 bridgehead atoms. The van der Waals surface area contributed by atoms with Crippen LogP contribution in [-0.2, 0) is 16.0 Å². The third kappa shape index (κ3) is 6.64. The second kappa shape index (κ2) is 12.3. The number of nitrogens with one attached hydrogen (secondary N) is 1. The number of nitrogens with zero attached hydrogens (tertiary/aromatic N) is 1. The lowest BCUT2D eigenvalue weighted by atomic mass is 9.95. The first kappa shape index (κ1) is 25.4. The molecule has 2 unspecified atom stereocenters. The van der Waals surface area contributed by atoms with Crippen LogP contribution in [0.5, 0.6) is 0 Å². The first-order valence-electron chi connectivity index (χ1n) is 10.6. The Morgan fingerprint density at radius 3 is 2.47 bits per heavy atom. The summed E-state index contributed by atoms with van der Waals surface area (Å²) in [4.78, 5) is 30.2. The standard InChI is InChI=1S/C27H24Cl2N2O3/c1-2-22(29)13-12-20(16-28)26(32)25(21-15-19-10-6-7-11-23(19)30-17-21)31-24(27(33)34)14-18-8-4-3-5-9-18/h2-13,15,17,24-25,31H,1,14,16H2,(H,33,34)/b20-12+,22-13-. The maximum atomic E-state index is 13.6. The fourth-order valence-electron chi connectivity index (χ4n) is 3.46. The number of Topliss-reactive ketones (excluding diaryl/α,β-unsaturated/α-hetero) is 1. The van der Waals surface area contributed by atoms with E-state index in [0.717, 1.165) is 16.5 Å².